The molecule has 114 valence electrons. The van der Waals surface area contributed by atoms with Crippen LogP contribution in [0.15, 0.2) is 45.4 Å². The van der Waals surface area contributed by atoms with Crippen LogP contribution in [0.4, 0.5) is 0 Å². The second-order valence-electron chi connectivity index (χ2n) is 4.47. The fourth-order valence-electron chi connectivity index (χ4n) is 1.92. The van der Waals surface area contributed by atoms with E-state index in [1.165, 1.54) is 16.7 Å². The van der Waals surface area contributed by atoms with Gasteiger partial charge in [0.05, 0.1) is 20.0 Å². The molecule has 0 bridgehead atoms. The Morgan fingerprint density at radius 1 is 1.27 bits per heavy atom. The van der Waals surface area contributed by atoms with E-state index in [4.69, 9.17) is 0 Å². The Balaban J connectivity index is 1.98. The van der Waals surface area contributed by atoms with Crippen LogP contribution in [0.3, 0.4) is 0 Å². The monoisotopic (exact) mass is 354 g/mol. The molecule has 22 heavy (non-hydrogen) atoms. The average Bonchev–Trinajstić information content (AvgIpc) is 3.08. The lowest BCUT2D eigenvalue weighted by atomic mass is 10.3. The highest BCUT2D eigenvalue weighted by Crippen LogP contribution is 2.21. The van der Waals surface area contributed by atoms with Crippen LogP contribution in [-0.4, -0.2) is 18.9 Å². The SMILES string of the molecule is Cn1c(=O)sc2cc(S(=O)(=O)NC(=O)c3cccs3)ccc21. The number of nitrogens with zero attached hydrogens (tertiary/aromatic N) is 1. The highest BCUT2D eigenvalue weighted by molar-refractivity contribution is 7.90. The number of amides is 1. The van der Waals surface area contributed by atoms with Crippen LogP contribution in [-0.2, 0) is 17.1 Å². The van der Waals surface area contributed by atoms with Gasteiger partial charge in [-0.15, -0.1) is 11.3 Å². The first-order valence-electron chi connectivity index (χ1n) is 6.09. The molecule has 0 unspecified atom stereocenters. The summed E-state index contributed by atoms with van der Waals surface area (Å²) >= 11 is 2.11. The Kier molecular flexibility index (Phi) is 3.63. The first kappa shape index (κ1) is 14.9. The summed E-state index contributed by atoms with van der Waals surface area (Å²) < 4.78 is 28.6. The maximum atomic E-state index is 12.3. The van der Waals surface area contributed by atoms with Crippen LogP contribution in [0.2, 0.25) is 0 Å². The van der Waals surface area contributed by atoms with Crippen molar-refractivity contribution in [1.82, 2.24) is 9.29 Å². The molecule has 2 heterocycles. The van der Waals surface area contributed by atoms with Crippen molar-refractivity contribution in [2.45, 2.75) is 4.90 Å². The molecule has 3 aromatic rings. The van der Waals surface area contributed by atoms with E-state index in [1.54, 1.807) is 30.6 Å². The summed E-state index contributed by atoms with van der Waals surface area (Å²) in [5, 5.41) is 1.69. The van der Waals surface area contributed by atoms with Gasteiger partial charge in [0.1, 0.15) is 0 Å². The normalized spacial score (nSPS) is 11.7. The van der Waals surface area contributed by atoms with Crippen molar-refractivity contribution in [2.75, 3.05) is 0 Å². The molecule has 0 fully saturated rings. The number of benzene rings is 1. The van der Waals surface area contributed by atoms with E-state index < -0.39 is 15.9 Å². The highest BCUT2D eigenvalue weighted by atomic mass is 32.2. The molecule has 0 spiro atoms. The topological polar surface area (TPSA) is 85.2 Å². The third-order valence-corrected chi connectivity index (χ3v) is 6.24. The Bertz CT molecular complexity index is 1010. The summed E-state index contributed by atoms with van der Waals surface area (Å²) in [6.45, 7) is 0. The quantitative estimate of drug-likeness (QED) is 0.777. The number of thiophene rings is 1. The minimum Gasteiger partial charge on any atom is -0.302 e. The molecule has 0 atom stereocenters. The van der Waals surface area contributed by atoms with Crippen molar-refractivity contribution in [3.05, 3.63) is 50.3 Å². The number of hydrogen-bond acceptors (Lipinski definition) is 6. The molecule has 1 N–H and O–H groups in total. The van der Waals surface area contributed by atoms with Crippen molar-refractivity contribution < 1.29 is 13.2 Å². The molecule has 1 amide bonds. The molecule has 0 aliphatic rings. The first-order valence-corrected chi connectivity index (χ1v) is 9.27. The van der Waals surface area contributed by atoms with Gasteiger partial charge < -0.3 is 4.57 Å². The van der Waals surface area contributed by atoms with Crippen molar-refractivity contribution >= 4 is 48.8 Å². The zero-order valence-corrected chi connectivity index (χ0v) is 13.7. The first-order chi connectivity index (χ1) is 10.4. The highest BCUT2D eigenvalue weighted by Gasteiger charge is 2.20. The van der Waals surface area contributed by atoms with E-state index in [1.807, 2.05) is 4.72 Å². The van der Waals surface area contributed by atoms with E-state index in [-0.39, 0.29) is 9.77 Å². The van der Waals surface area contributed by atoms with E-state index in [9.17, 15) is 18.0 Å². The third-order valence-electron chi connectivity index (χ3n) is 3.05. The molecule has 9 heteroatoms. The number of aryl methyl sites for hydroxylation is 1. The van der Waals surface area contributed by atoms with Crippen LogP contribution in [0.25, 0.3) is 10.2 Å². The van der Waals surface area contributed by atoms with Crippen LogP contribution < -0.4 is 9.60 Å². The molecule has 3 rings (SSSR count). The molecule has 0 aliphatic heterocycles. The Labute approximate surface area is 133 Å². The Morgan fingerprint density at radius 3 is 2.73 bits per heavy atom. The fourth-order valence-corrected chi connectivity index (χ4v) is 4.59. The molecule has 6 nitrogen and oxygen atoms in total. The molecular formula is C13H10N2O4S3. The number of carbonyl (C=O) groups is 1. The number of thiazole rings is 1. The summed E-state index contributed by atoms with van der Waals surface area (Å²) in [6, 6.07) is 7.53. The summed E-state index contributed by atoms with van der Waals surface area (Å²) in [4.78, 5) is 23.6. The van der Waals surface area contributed by atoms with Crippen LogP contribution in [0, 0.1) is 0 Å². The van der Waals surface area contributed by atoms with E-state index in [0.29, 0.717) is 15.1 Å². The van der Waals surface area contributed by atoms with E-state index in [0.717, 1.165) is 22.7 Å². The predicted octanol–water partition coefficient (Wildman–Crippen LogP) is 1.78. The lowest BCUT2D eigenvalue weighted by molar-refractivity contribution is 0.0985. The second-order valence-corrected chi connectivity index (χ2v) is 8.09. The number of fused-ring (bicyclic) bond motifs is 1. The van der Waals surface area contributed by atoms with E-state index >= 15 is 0 Å². The van der Waals surface area contributed by atoms with Gasteiger partial charge in [-0.3, -0.25) is 9.59 Å². The summed E-state index contributed by atoms with van der Waals surface area (Å²) in [6.07, 6.45) is 0. The van der Waals surface area contributed by atoms with Crippen molar-refractivity contribution in [3.8, 4) is 0 Å². The fraction of sp³-hybridized carbons (Fsp3) is 0.0769. The lowest BCUT2D eigenvalue weighted by Gasteiger charge is -2.06. The molecule has 0 saturated heterocycles. The molecular weight excluding hydrogens is 344 g/mol. The van der Waals surface area contributed by atoms with Gasteiger partial charge in [0, 0.05) is 7.05 Å². The van der Waals surface area contributed by atoms with Crippen molar-refractivity contribution in [3.63, 3.8) is 0 Å². The molecule has 0 saturated carbocycles. The minimum atomic E-state index is -3.98. The number of carbonyl (C=O) groups excluding carboxylic acids is 1. The van der Waals surface area contributed by atoms with Gasteiger partial charge in [0.25, 0.3) is 15.9 Å². The van der Waals surface area contributed by atoms with Gasteiger partial charge >= 0.3 is 4.87 Å². The van der Waals surface area contributed by atoms with Gasteiger partial charge in [-0.1, -0.05) is 17.4 Å². The smallest absolute Gasteiger partial charge is 0.302 e. The van der Waals surface area contributed by atoms with Gasteiger partial charge in [0.15, 0.2) is 0 Å². The molecule has 0 aliphatic carbocycles. The summed E-state index contributed by atoms with van der Waals surface area (Å²) in [5.74, 6) is -0.670. The van der Waals surface area contributed by atoms with Crippen LogP contribution in [0.5, 0.6) is 0 Å². The standard InChI is InChI=1S/C13H10N2O4S3/c1-15-9-5-4-8(7-11(9)21-13(15)17)22(18,19)14-12(16)10-3-2-6-20-10/h2-7H,1H3,(H,14,16). The van der Waals surface area contributed by atoms with Gasteiger partial charge in [0.2, 0.25) is 0 Å². The largest absolute Gasteiger partial charge is 0.307 e. The number of rotatable bonds is 3. The van der Waals surface area contributed by atoms with Crippen LogP contribution in [0.1, 0.15) is 9.67 Å². The van der Waals surface area contributed by atoms with Gasteiger partial charge in [-0.05, 0) is 29.6 Å². The molecule has 1 aromatic carbocycles. The number of aromatic nitrogens is 1. The Hall–Kier alpha value is -1.97. The van der Waals surface area contributed by atoms with E-state index in [2.05, 4.69) is 0 Å². The van der Waals surface area contributed by atoms with Crippen molar-refractivity contribution in [2.24, 2.45) is 7.05 Å². The van der Waals surface area contributed by atoms with Crippen molar-refractivity contribution in [1.29, 1.82) is 0 Å². The summed E-state index contributed by atoms with van der Waals surface area (Å²) in [5.41, 5.74) is 0.651. The number of sulfonamides is 1. The molecule has 2 aromatic heterocycles. The van der Waals surface area contributed by atoms with Crippen LogP contribution >= 0.6 is 22.7 Å². The van der Waals surface area contributed by atoms with Gasteiger partial charge in [-0.2, -0.15) is 0 Å². The zero-order chi connectivity index (χ0) is 15.9. The maximum Gasteiger partial charge on any atom is 0.307 e. The second kappa shape index (κ2) is 5.34. The third kappa shape index (κ3) is 2.58. The summed E-state index contributed by atoms with van der Waals surface area (Å²) in [7, 11) is -2.36. The number of hydrogen-bond donors (Lipinski definition) is 1. The molecule has 0 radical (unpaired) electrons. The zero-order valence-electron chi connectivity index (χ0n) is 11.3. The predicted molar refractivity (Wildman–Crippen MR) is 86.0 cm³/mol. The average molecular weight is 354 g/mol. The van der Waals surface area contributed by atoms with Gasteiger partial charge in [-0.25, -0.2) is 13.1 Å². The number of nitrogens with one attached hydrogen (secondary N) is 1. The lowest BCUT2D eigenvalue weighted by Crippen LogP contribution is -2.29. The maximum absolute atomic E-state index is 12.3. The Morgan fingerprint density at radius 2 is 2.05 bits per heavy atom. The minimum absolute atomic E-state index is 0.0493.